The molecule has 0 spiro atoms. The Labute approximate surface area is 104 Å². The number of nitrogens with two attached hydrogens (primary N) is 1. The molecule has 4 heteroatoms. The average molecular weight is 236 g/mol. The van der Waals surface area contributed by atoms with Crippen LogP contribution in [0.2, 0.25) is 0 Å². The Balaban J connectivity index is 1.93. The van der Waals surface area contributed by atoms with Crippen molar-refractivity contribution in [2.24, 2.45) is 18.2 Å². The minimum atomic E-state index is 0.286. The molecule has 0 radical (unpaired) electrons. The van der Waals surface area contributed by atoms with Gasteiger partial charge in [-0.25, -0.2) is 0 Å². The van der Waals surface area contributed by atoms with Gasteiger partial charge in [-0.05, 0) is 24.8 Å². The summed E-state index contributed by atoms with van der Waals surface area (Å²) in [4.78, 5) is 0. The average Bonchev–Trinajstić information content (AvgIpc) is 2.63. The van der Waals surface area contributed by atoms with Crippen molar-refractivity contribution in [1.29, 1.82) is 0 Å². The summed E-state index contributed by atoms with van der Waals surface area (Å²) in [5.74, 6) is 0.963. The van der Waals surface area contributed by atoms with Crippen molar-refractivity contribution in [1.82, 2.24) is 9.78 Å². The summed E-state index contributed by atoms with van der Waals surface area (Å²) in [7, 11) is 1.94. The van der Waals surface area contributed by atoms with Gasteiger partial charge < -0.3 is 11.1 Å². The van der Waals surface area contributed by atoms with Gasteiger partial charge in [-0.15, -0.1) is 0 Å². The van der Waals surface area contributed by atoms with Crippen LogP contribution in [0.4, 0.5) is 5.82 Å². The first kappa shape index (κ1) is 12.4. The van der Waals surface area contributed by atoms with Crippen LogP contribution in [-0.4, -0.2) is 22.9 Å². The lowest BCUT2D eigenvalue weighted by atomic mass is 9.80. The summed E-state index contributed by atoms with van der Waals surface area (Å²) in [6.07, 6.45) is 9.84. The van der Waals surface area contributed by atoms with Crippen LogP contribution in [0.1, 0.15) is 38.5 Å². The molecule has 0 atom stereocenters. The largest absolute Gasteiger partial charge is 0.368 e. The molecule has 1 aliphatic carbocycles. The zero-order chi connectivity index (χ0) is 12.1. The van der Waals surface area contributed by atoms with Gasteiger partial charge in [0, 0.05) is 25.9 Å². The van der Waals surface area contributed by atoms with Crippen molar-refractivity contribution < 1.29 is 0 Å². The molecule has 1 aromatic heterocycles. The predicted octanol–water partition coefficient (Wildman–Crippen LogP) is 2.13. The third-order valence-corrected chi connectivity index (χ3v) is 3.96. The van der Waals surface area contributed by atoms with Gasteiger partial charge in [0.2, 0.25) is 0 Å². The Morgan fingerprint density at radius 2 is 2.06 bits per heavy atom. The number of anilines is 1. The fraction of sp³-hybridized carbons (Fsp3) is 0.769. The van der Waals surface area contributed by atoms with E-state index in [1.54, 1.807) is 0 Å². The number of hydrogen-bond donors (Lipinski definition) is 2. The highest BCUT2D eigenvalue weighted by Gasteiger charge is 2.29. The fourth-order valence-electron chi connectivity index (χ4n) is 2.72. The molecular formula is C13H24N4. The van der Waals surface area contributed by atoms with Gasteiger partial charge in [0.25, 0.3) is 0 Å². The van der Waals surface area contributed by atoms with Crippen molar-refractivity contribution in [2.75, 3.05) is 18.4 Å². The molecule has 0 aromatic carbocycles. The van der Waals surface area contributed by atoms with E-state index in [1.807, 2.05) is 24.0 Å². The summed E-state index contributed by atoms with van der Waals surface area (Å²) in [6.45, 7) is 1.74. The quantitative estimate of drug-likeness (QED) is 0.787. The van der Waals surface area contributed by atoms with Crippen molar-refractivity contribution in [3.63, 3.8) is 0 Å². The molecule has 4 nitrogen and oxygen atoms in total. The van der Waals surface area contributed by atoms with Crippen molar-refractivity contribution >= 4 is 5.82 Å². The monoisotopic (exact) mass is 236 g/mol. The minimum Gasteiger partial charge on any atom is -0.368 e. The van der Waals surface area contributed by atoms with E-state index in [-0.39, 0.29) is 5.41 Å². The minimum absolute atomic E-state index is 0.286. The van der Waals surface area contributed by atoms with Crippen LogP contribution in [-0.2, 0) is 7.05 Å². The van der Waals surface area contributed by atoms with E-state index in [1.165, 1.54) is 38.5 Å². The van der Waals surface area contributed by atoms with Gasteiger partial charge in [-0.3, -0.25) is 4.68 Å². The van der Waals surface area contributed by atoms with Crippen LogP contribution in [0.15, 0.2) is 12.3 Å². The standard InChI is InChI=1S/C13H24N4/c1-17-9-6-12(16-17)15-11-13(10-14)7-4-2-3-5-8-13/h6,9H,2-5,7-8,10-11,14H2,1H3,(H,15,16). The molecule has 1 heterocycles. The number of hydrogen-bond acceptors (Lipinski definition) is 3. The summed E-state index contributed by atoms with van der Waals surface area (Å²) >= 11 is 0. The number of nitrogens with one attached hydrogen (secondary N) is 1. The van der Waals surface area contributed by atoms with E-state index >= 15 is 0 Å². The Morgan fingerprint density at radius 3 is 2.59 bits per heavy atom. The van der Waals surface area contributed by atoms with Gasteiger partial charge in [-0.1, -0.05) is 25.7 Å². The molecule has 17 heavy (non-hydrogen) atoms. The maximum Gasteiger partial charge on any atom is 0.147 e. The lowest BCUT2D eigenvalue weighted by molar-refractivity contribution is 0.274. The number of aryl methyl sites for hydroxylation is 1. The molecule has 1 aliphatic rings. The van der Waals surface area contributed by atoms with E-state index in [2.05, 4.69) is 10.4 Å². The Morgan fingerprint density at radius 1 is 1.35 bits per heavy atom. The third kappa shape index (κ3) is 3.22. The van der Waals surface area contributed by atoms with E-state index in [0.717, 1.165) is 18.9 Å². The van der Waals surface area contributed by atoms with Crippen molar-refractivity contribution in [2.45, 2.75) is 38.5 Å². The molecule has 1 saturated carbocycles. The first-order chi connectivity index (χ1) is 8.24. The molecule has 0 unspecified atom stereocenters. The van der Waals surface area contributed by atoms with Crippen LogP contribution in [0.25, 0.3) is 0 Å². The lowest BCUT2D eigenvalue weighted by Gasteiger charge is -2.31. The number of rotatable bonds is 4. The SMILES string of the molecule is Cn1ccc(NCC2(CN)CCCCCC2)n1. The summed E-state index contributed by atoms with van der Waals surface area (Å²) in [5, 5.41) is 7.79. The second-order valence-corrected chi connectivity index (χ2v) is 5.35. The van der Waals surface area contributed by atoms with Gasteiger partial charge in [0.1, 0.15) is 5.82 Å². The molecular weight excluding hydrogens is 212 g/mol. The van der Waals surface area contributed by atoms with Gasteiger partial charge in [-0.2, -0.15) is 5.10 Å². The Hall–Kier alpha value is -1.03. The molecule has 1 fully saturated rings. The van der Waals surface area contributed by atoms with E-state index in [0.29, 0.717) is 0 Å². The summed E-state index contributed by atoms with van der Waals surface area (Å²) < 4.78 is 1.82. The topological polar surface area (TPSA) is 55.9 Å². The third-order valence-electron chi connectivity index (χ3n) is 3.96. The zero-order valence-electron chi connectivity index (χ0n) is 10.8. The summed E-state index contributed by atoms with van der Waals surface area (Å²) in [6, 6.07) is 2.01. The molecule has 96 valence electrons. The zero-order valence-corrected chi connectivity index (χ0v) is 10.8. The molecule has 0 amide bonds. The first-order valence-corrected chi connectivity index (χ1v) is 6.68. The second kappa shape index (κ2) is 5.54. The maximum absolute atomic E-state index is 6.01. The molecule has 1 aromatic rings. The van der Waals surface area contributed by atoms with Gasteiger partial charge >= 0.3 is 0 Å². The van der Waals surface area contributed by atoms with Crippen LogP contribution >= 0.6 is 0 Å². The molecule has 2 rings (SSSR count). The highest BCUT2D eigenvalue weighted by atomic mass is 15.3. The van der Waals surface area contributed by atoms with Crippen molar-refractivity contribution in [3.05, 3.63) is 12.3 Å². The predicted molar refractivity (Wildman–Crippen MR) is 70.9 cm³/mol. The fourth-order valence-corrected chi connectivity index (χ4v) is 2.72. The molecule has 0 saturated heterocycles. The van der Waals surface area contributed by atoms with Crippen LogP contribution in [0, 0.1) is 5.41 Å². The van der Waals surface area contributed by atoms with Gasteiger partial charge in [0.05, 0.1) is 0 Å². The molecule has 3 N–H and O–H groups in total. The lowest BCUT2D eigenvalue weighted by Crippen LogP contribution is -2.37. The molecule has 0 bridgehead atoms. The highest BCUT2D eigenvalue weighted by molar-refractivity contribution is 5.32. The smallest absolute Gasteiger partial charge is 0.147 e. The van der Waals surface area contributed by atoms with Crippen molar-refractivity contribution in [3.8, 4) is 0 Å². The maximum atomic E-state index is 6.01. The number of nitrogens with zero attached hydrogens (tertiary/aromatic N) is 2. The Kier molecular flexibility index (Phi) is 4.05. The molecule has 0 aliphatic heterocycles. The Bertz CT molecular complexity index is 337. The summed E-state index contributed by atoms with van der Waals surface area (Å²) in [5.41, 5.74) is 6.30. The van der Waals surface area contributed by atoms with Crippen LogP contribution < -0.4 is 11.1 Å². The van der Waals surface area contributed by atoms with Crippen LogP contribution in [0.5, 0.6) is 0 Å². The number of aromatic nitrogens is 2. The van der Waals surface area contributed by atoms with Crippen LogP contribution in [0.3, 0.4) is 0 Å². The first-order valence-electron chi connectivity index (χ1n) is 6.68. The van der Waals surface area contributed by atoms with Gasteiger partial charge in [0.15, 0.2) is 0 Å². The van der Waals surface area contributed by atoms with E-state index < -0.39 is 0 Å². The van der Waals surface area contributed by atoms with E-state index in [9.17, 15) is 0 Å². The van der Waals surface area contributed by atoms with E-state index in [4.69, 9.17) is 5.73 Å². The highest BCUT2D eigenvalue weighted by Crippen LogP contribution is 2.34. The second-order valence-electron chi connectivity index (χ2n) is 5.35. The normalized spacial score (nSPS) is 19.9.